The van der Waals surface area contributed by atoms with Crippen LogP contribution in [-0.2, 0) is 24.6 Å². The summed E-state index contributed by atoms with van der Waals surface area (Å²) in [6.07, 6.45) is 8.21. The van der Waals surface area contributed by atoms with Crippen molar-refractivity contribution in [1.29, 1.82) is 0 Å². The van der Waals surface area contributed by atoms with Crippen LogP contribution in [0, 0.1) is 5.41 Å². The van der Waals surface area contributed by atoms with Crippen molar-refractivity contribution in [1.82, 2.24) is 0 Å². The van der Waals surface area contributed by atoms with E-state index in [1.54, 1.807) is 0 Å². The van der Waals surface area contributed by atoms with E-state index in [1.165, 1.54) is 32.1 Å². The Kier molecular flexibility index (Phi) is 2.45. The Balaban J connectivity index is 1.63. The molecule has 0 aromatic heterocycles. The van der Waals surface area contributed by atoms with Gasteiger partial charge in [0.05, 0.1) is 6.61 Å². The van der Waals surface area contributed by atoms with Gasteiger partial charge in [-0.1, -0.05) is 19.3 Å². The van der Waals surface area contributed by atoms with Gasteiger partial charge < -0.3 is 4.74 Å². The van der Waals surface area contributed by atoms with Crippen LogP contribution in [0.25, 0.3) is 0 Å². The van der Waals surface area contributed by atoms with Gasteiger partial charge in [0.25, 0.3) is 0 Å². The lowest BCUT2D eigenvalue weighted by Gasteiger charge is -2.43. The molecular weight excluding hydrogens is 200 g/mol. The molecule has 2 spiro atoms. The van der Waals surface area contributed by atoms with Gasteiger partial charge in [0, 0.05) is 6.42 Å². The molecule has 2 aliphatic heterocycles. The van der Waals surface area contributed by atoms with Gasteiger partial charge in [-0.3, -0.25) is 0 Å². The van der Waals surface area contributed by atoms with E-state index in [9.17, 15) is 0 Å². The molecule has 0 bridgehead atoms. The monoisotopic (exact) mass is 216 g/mol. The van der Waals surface area contributed by atoms with Crippen LogP contribution >= 0.6 is 0 Å². The average Bonchev–Trinajstić information content (AvgIpc) is 2.74. The van der Waals surface area contributed by atoms with Gasteiger partial charge in [0.1, 0.15) is 0 Å². The Morgan fingerprint density at radius 3 is 2.07 bits per heavy atom. The quantitative estimate of drug-likeness (QED) is 0.581. The molecule has 3 fully saturated rings. The fourth-order valence-electron chi connectivity index (χ4n) is 2.80. The van der Waals surface area contributed by atoms with Crippen molar-refractivity contribution < 1.29 is 24.6 Å². The van der Waals surface area contributed by atoms with Crippen molar-refractivity contribution in [3.8, 4) is 0 Å². The van der Waals surface area contributed by atoms with Crippen LogP contribution in [0.3, 0.4) is 0 Å². The number of rotatable bonds is 0. The first-order chi connectivity index (χ1) is 7.33. The third kappa shape index (κ3) is 1.79. The summed E-state index contributed by atoms with van der Waals surface area (Å²) in [6, 6.07) is 0. The van der Waals surface area contributed by atoms with Crippen LogP contribution < -0.4 is 0 Å². The van der Waals surface area contributed by atoms with Crippen LogP contribution in [0.2, 0.25) is 0 Å². The molecule has 0 radical (unpaired) electrons. The highest BCUT2D eigenvalue weighted by molar-refractivity contribution is 4.87. The predicted molar refractivity (Wildman–Crippen MR) is 47.8 cm³/mol. The highest BCUT2D eigenvalue weighted by Gasteiger charge is 2.51. The molecule has 0 aromatic carbocycles. The third-order valence-corrected chi connectivity index (χ3v) is 3.82. The molecule has 5 heteroatoms. The van der Waals surface area contributed by atoms with E-state index in [0.29, 0.717) is 18.4 Å². The lowest BCUT2D eigenvalue weighted by Crippen LogP contribution is -2.46. The van der Waals surface area contributed by atoms with E-state index in [-0.39, 0.29) is 0 Å². The maximum Gasteiger partial charge on any atom is 0.346 e. The van der Waals surface area contributed by atoms with Gasteiger partial charge in [-0.2, -0.15) is 0 Å². The molecule has 0 aromatic rings. The van der Waals surface area contributed by atoms with E-state index < -0.39 is 5.97 Å². The number of hydrogen-bond acceptors (Lipinski definition) is 5. The fourth-order valence-corrected chi connectivity index (χ4v) is 2.80. The summed E-state index contributed by atoms with van der Waals surface area (Å²) in [7, 11) is 0. The Morgan fingerprint density at radius 1 is 0.733 bits per heavy atom. The van der Waals surface area contributed by atoms with Gasteiger partial charge in [0.2, 0.25) is 0 Å². The van der Waals surface area contributed by atoms with Crippen LogP contribution in [-0.4, -0.2) is 12.6 Å². The standard InChI is InChI=1S/C10H16O5/c1-2-4-9(5-3-1)6-7-10(11-8-9)12-14-15-13-10/h1-8H2. The molecule has 1 saturated carbocycles. The summed E-state index contributed by atoms with van der Waals surface area (Å²) >= 11 is 0. The molecule has 5 nitrogen and oxygen atoms in total. The van der Waals surface area contributed by atoms with E-state index in [2.05, 4.69) is 10.1 Å². The number of ether oxygens (including phenoxy) is 1. The largest absolute Gasteiger partial charge is 0.346 e. The minimum atomic E-state index is -1.09. The highest BCUT2D eigenvalue weighted by atomic mass is 17.7. The Bertz CT molecular complexity index is 218. The van der Waals surface area contributed by atoms with Crippen molar-refractivity contribution in [3.05, 3.63) is 0 Å². The smallest absolute Gasteiger partial charge is 0.323 e. The molecule has 0 N–H and O–H groups in total. The number of hydrogen-bond donors (Lipinski definition) is 0. The summed E-state index contributed by atoms with van der Waals surface area (Å²) in [6.45, 7) is 0.680. The van der Waals surface area contributed by atoms with Gasteiger partial charge in [-0.05, 0) is 34.8 Å². The van der Waals surface area contributed by atoms with Crippen LogP contribution in [0.1, 0.15) is 44.9 Å². The summed E-state index contributed by atoms with van der Waals surface area (Å²) in [5.41, 5.74) is 0.346. The van der Waals surface area contributed by atoms with Crippen molar-refractivity contribution in [2.75, 3.05) is 6.61 Å². The molecule has 0 unspecified atom stereocenters. The maximum absolute atomic E-state index is 5.63. The van der Waals surface area contributed by atoms with Crippen molar-refractivity contribution in [2.24, 2.45) is 5.41 Å². The molecule has 1 aliphatic carbocycles. The van der Waals surface area contributed by atoms with Crippen LogP contribution in [0.5, 0.6) is 0 Å². The first-order valence-corrected chi connectivity index (χ1v) is 5.67. The van der Waals surface area contributed by atoms with E-state index in [4.69, 9.17) is 14.5 Å². The fraction of sp³-hybridized carbons (Fsp3) is 1.00. The minimum absolute atomic E-state index is 0.346. The molecule has 2 heterocycles. The Labute approximate surface area is 88.4 Å². The average molecular weight is 216 g/mol. The highest BCUT2D eigenvalue weighted by Crippen LogP contribution is 2.47. The third-order valence-electron chi connectivity index (χ3n) is 3.82. The van der Waals surface area contributed by atoms with Crippen molar-refractivity contribution in [3.63, 3.8) is 0 Å². The second-order valence-electron chi connectivity index (χ2n) is 4.84. The molecule has 0 amide bonds. The SMILES string of the molecule is C1CCC2(CC1)CCC1(OC2)OOOO1. The van der Waals surface area contributed by atoms with Crippen molar-refractivity contribution in [2.45, 2.75) is 50.9 Å². The summed E-state index contributed by atoms with van der Waals surface area (Å²) in [5.74, 6) is -1.09. The van der Waals surface area contributed by atoms with Gasteiger partial charge in [-0.15, -0.1) is 9.78 Å². The van der Waals surface area contributed by atoms with E-state index in [0.717, 1.165) is 6.42 Å². The van der Waals surface area contributed by atoms with Gasteiger partial charge in [0.15, 0.2) is 0 Å². The zero-order valence-corrected chi connectivity index (χ0v) is 8.70. The molecule has 15 heavy (non-hydrogen) atoms. The van der Waals surface area contributed by atoms with Crippen LogP contribution in [0.4, 0.5) is 0 Å². The second-order valence-corrected chi connectivity index (χ2v) is 4.84. The molecule has 86 valence electrons. The lowest BCUT2D eigenvalue weighted by molar-refractivity contribution is -0.532. The van der Waals surface area contributed by atoms with Gasteiger partial charge >= 0.3 is 5.97 Å². The molecule has 3 aliphatic rings. The molecule has 3 rings (SSSR count). The summed E-state index contributed by atoms with van der Waals surface area (Å²) < 4.78 is 5.63. The minimum Gasteiger partial charge on any atom is -0.323 e. The Hall–Kier alpha value is -0.200. The summed E-state index contributed by atoms with van der Waals surface area (Å²) in [5, 5.41) is 8.53. The van der Waals surface area contributed by atoms with Crippen LogP contribution in [0.15, 0.2) is 0 Å². The zero-order chi connectivity index (χ0) is 10.2. The normalized spacial score (nSPS) is 33.6. The Morgan fingerprint density at radius 2 is 1.47 bits per heavy atom. The molecule has 2 saturated heterocycles. The van der Waals surface area contributed by atoms with Crippen molar-refractivity contribution >= 4 is 0 Å². The molecular formula is C10H16O5. The maximum atomic E-state index is 5.63. The second kappa shape index (κ2) is 3.68. The topological polar surface area (TPSA) is 46.2 Å². The predicted octanol–water partition coefficient (Wildman–Crippen LogP) is 2.23. The lowest BCUT2D eigenvalue weighted by atomic mass is 9.70. The zero-order valence-electron chi connectivity index (χ0n) is 8.70. The van der Waals surface area contributed by atoms with E-state index in [1.807, 2.05) is 0 Å². The first kappa shape index (κ1) is 9.99. The van der Waals surface area contributed by atoms with Gasteiger partial charge in [-0.25, -0.2) is 0 Å². The molecule has 0 atom stereocenters. The summed E-state index contributed by atoms with van der Waals surface area (Å²) in [4.78, 5) is 9.70. The first-order valence-electron chi connectivity index (χ1n) is 5.67. The van der Waals surface area contributed by atoms with E-state index >= 15 is 0 Å².